The van der Waals surface area contributed by atoms with Crippen molar-refractivity contribution < 1.29 is 19.1 Å². The Kier molecular flexibility index (Phi) is 5.03. The average molecular weight is 521 g/mol. The molecule has 3 aliphatic heterocycles. The number of rotatable bonds is 4. The Morgan fingerprint density at radius 1 is 0.949 bits per heavy atom. The Labute approximate surface area is 225 Å². The lowest BCUT2D eigenvalue weighted by atomic mass is 9.75. The summed E-state index contributed by atoms with van der Waals surface area (Å²) in [5.74, 6) is -1.93. The van der Waals surface area contributed by atoms with Gasteiger partial charge in [0.2, 0.25) is 17.7 Å². The van der Waals surface area contributed by atoms with Gasteiger partial charge in [0, 0.05) is 34.4 Å². The van der Waals surface area contributed by atoms with Crippen LogP contribution in [0.25, 0.3) is 10.9 Å². The minimum absolute atomic E-state index is 0.291. The minimum atomic E-state index is -1.34. The fourth-order valence-electron chi connectivity index (χ4n) is 6.82. The van der Waals surface area contributed by atoms with Gasteiger partial charge in [-0.2, -0.15) is 0 Å². The number of ether oxygens (including phenoxy) is 1. The second kappa shape index (κ2) is 8.28. The maximum absolute atomic E-state index is 14.2. The molecule has 196 valence electrons. The maximum Gasteiger partial charge on any atom is 0.250 e. The number of aromatic amines is 1. The highest BCUT2D eigenvalue weighted by Crippen LogP contribution is 2.54. The van der Waals surface area contributed by atoms with Crippen molar-refractivity contribution in [2.45, 2.75) is 31.8 Å². The summed E-state index contributed by atoms with van der Waals surface area (Å²) in [6.07, 6.45) is 2.43. The number of hydrogen-bond acceptors (Lipinski definition) is 5. The Morgan fingerprint density at radius 3 is 2.49 bits per heavy atom. The Morgan fingerprint density at radius 2 is 1.72 bits per heavy atom. The molecule has 0 saturated carbocycles. The molecule has 3 aromatic carbocycles. The van der Waals surface area contributed by atoms with Crippen molar-refractivity contribution >= 4 is 40.0 Å². The van der Waals surface area contributed by atoms with E-state index in [1.165, 1.54) is 4.90 Å². The van der Waals surface area contributed by atoms with Gasteiger partial charge in [-0.05, 0) is 67.3 Å². The van der Waals surface area contributed by atoms with E-state index in [0.717, 1.165) is 38.8 Å². The van der Waals surface area contributed by atoms with Crippen LogP contribution in [-0.2, 0) is 26.3 Å². The van der Waals surface area contributed by atoms with Crippen LogP contribution in [0.3, 0.4) is 0 Å². The Bertz CT molecular complexity index is 1690. The van der Waals surface area contributed by atoms with Gasteiger partial charge in [0.25, 0.3) is 0 Å². The molecular formula is C31H28N4O4. The van der Waals surface area contributed by atoms with Crippen molar-refractivity contribution in [3.8, 4) is 5.75 Å². The molecule has 3 amide bonds. The fraction of sp³-hybridized carbons (Fsp3) is 0.258. The van der Waals surface area contributed by atoms with Crippen LogP contribution in [0.5, 0.6) is 5.75 Å². The second-order valence-corrected chi connectivity index (χ2v) is 10.7. The zero-order valence-electron chi connectivity index (χ0n) is 21.9. The zero-order valence-corrected chi connectivity index (χ0v) is 21.9. The van der Waals surface area contributed by atoms with Crippen molar-refractivity contribution in [1.29, 1.82) is 0 Å². The van der Waals surface area contributed by atoms with Crippen molar-refractivity contribution in [3.05, 3.63) is 89.1 Å². The van der Waals surface area contributed by atoms with Crippen LogP contribution in [0.1, 0.15) is 22.3 Å². The molecule has 1 spiro atoms. The van der Waals surface area contributed by atoms with E-state index in [1.807, 2.05) is 56.4 Å². The number of amides is 3. The summed E-state index contributed by atoms with van der Waals surface area (Å²) in [6.45, 7) is 3.96. The lowest BCUT2D eigenvalue weighted by Crippen LogP contribution is -2.53. The lowest BCUT2D eigenvalue weighted by Gasteiger charge is -2.29. The Hall–Kier alpha value is -4.43. The largest absolute Gasteiger partial charge is 0.497 e. The summed E-state index contributed by atoms with van der Waals surface area (Å²) >= 11 is 0. The number of carbonyl (C=O) groups is 3. The number of benzene rings is 3. The standard InChI is InChI=1S/C31H28N4O4/c1-16-8-13-22-27(17(16)2)33-30(38)31(22)26-25(24(34-31)14-18-15-32-23-7-5-4-6-21(18)23)28(36)35(29(26)37)19-9-11-20(39-3)12-10-19/h4-13,15,24-26,32,34H,14H2,1-3H3,(H,33,38)/t24-,25-,26+,31+/m1/s1. The van der Waals surface area contributed by atoms with E-state index in [4.69, 9.17) is 4.74 Å². The number of fused-ring (bicyclic) bond motifs is 5. The van der Waals surface area contributed by atoms with Gasteiger partial charge in [-0.15, -0.1) is 0 Å². The number of hydrogen-bond donors (Lipinski definition) is 3. The topological polar surface area (TPSA) is 104 Å². The SMILES string of the molecule is COc1ccc(N2C(=O)[C@H]3[C@@H](C2=O)[C@]2(N[C@@H]3Cc3c[nH]c4ccccc34)C(=O)Nc3c2ccc(C)c3C)cc1. The number of nitrogens with one attached hydrogen (secondary N) is 3. The first kappa shape index (κ1) is 23.7. The van der Waals surface area contributed by atoms with Crippen molar-refractivity contribution in [2.24, 2.45) is 11.8 Å². The zero-order chi connectivity index (χ0) is 27.1. The first-order chi connectivity index (χ1) is 18.8. The summed E-state index contributed by atoms with van der Waals surface area (Å²) in [6, 6.07) is 18.3. The number of imide groups is 1. The van der Waals surface area contributed by atoms with Crippen LogP contribution in [0.2, 0.25) is 0 Å². The number of anilines is 2. The van der Waals surface area contributed by atoms with E-state index in [0.29, 0.717) is 17.9 Å². The van der Waals surface area contributed by atoms with Gasteiger partial charge in [0.05, 0.1) is 24.6 Å². The van der Waals surface area contributed by atoms with Gasteiger partial charge in [0.1, 0.15) is 11.3 Å². The third kappa shape index (κ3) is 3.12. The summed E-state index contributed by atoms with van der Waals surface area (Å²) in [5, 5.41) is 7.68. The number of nitrogens with zero attached hydrogens (tertiary/aromatic N) is 1. The monoisotopic (exact) mass is 520 g/mol. The van der Waals surface area contributed by atoms with E-state index < -0.39 is 23.4 Å². The number of aromatic nitrogens is 1. The molecule has 0 radical (unpaired) electrons. The smallest absolute Gasteiger partial charge is 0.250 e. The molecule has 0 aliphatic carbocycles. The van der Waals surface area contributed by atoms with Crippen LogP contribution in [0.15, 0.2) is 66.9 Å². The molecule has 8 heteroatoms. The highest BCUT2D eigenvalue weighted by Gasteiger charge is 2.70. The molecule has 39 heavy (non-hydrogen) atoms. The molecule has 2 saturated heterocycles. The van der Waals surface area contributed by atoms with Gasteiger partial charge in [-0.1, -0.05) is 30.3 Å². The van der Waals surface area contributed by atoms with Gasteiger partial charge in [-0.25, -0.2) is 4.90 Å². The third-order valence-electron chi connectivity index (χ3n) is 8.87. The van der Waals surface area contributed by atoms with Crippen molar-refractivity contribution in [1.82, 2.24) is 10.3 Å². The number of aryl methyl sites for hydroxylation is 1. The number of carbonyl (C=O) groups excluding carboxylic acids is 3. The van der Waals surface area contributed by atoms with Crippen molar-refractivity contribution in [3.63, 3.8) is 0 Å². The normalized spacial score (nSPS) is 25.5. The Balaban J connectivity index is 1.38. The lowest BCUT2D eigenvalue weighted by molar-refractivity contribution is -0.130. The maximum atomic E-state index is 14.2. The van der Waals surface area contributed by atoms with E-state index >= 15 is 0 Å². The van der Waals surface area contributed by atoms with Gasteiger partial charge < -0.3 is 15.0 Å². The summed E-state index contributed by atoms with van der Waals surface area (Å²) < 4.78 is 5.27. The first-order valence-corrected chi connectivity index (χ1v) is 13.1. The van der Waals surface area contributed by atoms with E-state index in [1.54, 1.807) is 31.4 Å². The molecule has 2 fully saturated rings. The van der Waals surface area contributed by atoms with Gasteiger partial charge in [-0.3, -0.25) is 19.7 Å². The number of methoxy groups -OCH3 is 1. The minimum Gasteiger partial charge on any atom is -0.497 e. The first-order valence-electron chi connectivity index (χ1n) is 13.1. The highest BCUT2D eigenvalue weighted by molar-refractivity contribution is 6.26. The van der Waals surface area contributed by atoms with Gasteiger partial charge >= 0.3 is 0 Å². The number of H-pyrrole nitrogens is 1. The summed E-state index contributed by atoms with van der Waals surface area (Å²) in [7, 11) is 1.57. The molecule has 4 aromatic rings. The van der Waals surface area contributed by atoms with E-state index in [2.05, 4.69) is 15.6 Å². The molecule has 4 atom stereocenters. The van der Waals surface area contributed by atoms with Crippen LogP contribution < -0.4 is 20.3 Å². The van der Waals surface area contributed by atoms with E-state index in [9.17, 15) is 14.4 Å². The van der Waals surface area contributed by atoms with Crippen molar-refractivity contribution in [2.75, 3.05) is 17.3 Å². The molecule has 4 heterocycles. The molecule has 1 aromatic heterocycles. The predicted octanol–water partition coefficient (Wildman–Crippen LogP) is 3.96. The summed E-state index contributed by atoms with van der Waals surface area (Å²) in [4.78, 5) is 46.8. The molecule has 3 aliphatic rings. The number of para-hydroxylation sites is 1. The van der Waals surface area contributed by atoms with E-state index in [-0.39, 0.29) is 17.7 Å². The summed E-state index contributed by atoms with van der Waals surface area (Å²) in [5.41, 5.74) is 4.61. The van der Waals surface area contributed by atoms with Crippen LogP contribution >= 0.6 is 0 Å². The molecule has 0 bridgehead atoms. The average Bonchev–Trinajstić information content (AvgIpc) is 3.65. The molecule has 7 rings (SSSR count). The fourth-order valence-corrected chi connectivity index (χ4v) is 6.82. The van der Waals surface area contributed by atoms with Crippen LogP contribution in [-0.4, -0.2) is 35.9 Å². The molecule has 3 N–H and O–H groups in total. The highest BCUT2D eigenvalue weighted by atomic mass is 16.5. The third-order valence-corrected chi connectivity index (χ3v) is 8.87. The molecule has 0 unspecified atom stereocenters. The quantitative estimate of drug-likeness (QED) is 0.354. The van der Waals surface area contributed by atoms with Crippen LogP contribution in [0.4, 0.5) is 11.4 Å². The molecule has 8 nitrogen and oxygen atoms in total. The second-order valence-electron chi connectivity index (χ2n) is 10.7. The van der Waals surface area contributed by atoms with Crippen LogP contribution in [0, 0.1) is 25.7 Å². The van der Waals surface area contributed by atoms with Gasteiger partial charge in [0.15, 0.2) is 0 Å². The molecular weight excluding hydrogens is 492 g/mol. The predicted molar refractivity (Wildman–Crippen MR) is 148 cm³/mol.